The molecule has 116 valence electrons. The van der Waals surface area contributed by atoms with Crippen LogP contribution in [0.4, 0.5) is 17.3 Å². The molecule has 0 saturated carbocycles. The van der Waals surface area contributed by atoms with Crippen molar-refractivity contribution in [3.8, 4) is 0 Å². The van der Waals surface area contributed by atoms with Gasteiger partial charge >= 0.3 is 5.69 Å². The van der Waals surface area contributed by atoms with Crippen LogP contribution in [0, 0.1) is 10.1 Å². The number of hydrogen-bond acceptors (Lipinski definition) is 7. The van der Waals surface area contributed by atoms with Gasteiger partial charge in [0.2, 0.25) is 11.6 Å². The molecule has 1 aromatic heterocycles. The Hall–Kier alpha value is -1.96. The van der Waals surface area contributed by atoms with E-state index >= 15 is 0 Å². The summed E-state index contributed by atoms with van der Waals surface area (Å²) in [6.07, 6.45) is 3.08. The molecule has 1 unspecified atom stereocenters. The fourth-order valence-electron chi connectivity index (χ4n) is 2.33. The molecule has 2 rings (SSSR count). The fourth-order valence-corrected chi connectivity index (χ4v) is 2.33. The molecule has 0 radical (unpaired) electrons. The molecular weight excluding hydrogens is 274 g/mol. The van der Waals surface area contributed by atoms with E-state index in [4.69, 9.17) is 4.74 Å². The van der Waals surface area contributed by atoms with E-state index in [2.05, 4.69) is 15.3 Å². The normalized spacial score (nSPS) is 19.1. The Morgan fingerprint density at radius 3 is 3.10 bits per heavy atom. The van der Waals surface area contributed by atoms with Crippen LogP contribution in [0.3, 0.4) is 0 Å². The zero-order valence-corrected chi connectivity index (χ0v) is 12.4. The lowest BCUT2D eigenvalue weighted by Gasteiger charge is -2.23. The molecular formula is C13H21N5O3. The lowest BCUT2D eigenvalue weighted by Crippen LogP contribution is -2.31. The molecule has 0 spiro atoms. The lowest BCUT2D eigenvalue weighted by molar-refractivity contribution is -0.383. The Labute approximate surface area is 123 Å². The van der Waals surface area contributed by atoms with Crippen molar-refractivity contribution in [2.45, 2.75) is 32.8 Å². The second-order valence-electron chi connectivity index (χ2n) is 5.06. The van der Waals surface area contributed by atoms with Gasteiger partial charge in [-0.05, 0) is 19.8 Å². The number of ether oxygens (including phenoxy) is 1. The van der Waals surface area contributed by atoms with Crippen molar-refractivity contribution in [3.63, 3.8) is 0 Å². The summed E-state index contributed by atoms with van der Waals surface area (Å²) in [6, 6.07) is 0. The molecule has 1 N–H and O–H groups in total. The van der Waals surface area contributed by atoms with Crippen LogP contribution >= 0.6 is 0 Å². The molecule has 8 nitrogen and oxygen atoms in total. The number of rotatable bonds is 5. The van der Waals surface area contributed by atoms with Gasteiger partial charge in [-0.15, -0.1) is 0 Å². The van der Waals surface area contributed by atoms with Crippen molar-refractivity contribution in [1.29, 1.82) is 0 Å². The van der Waals surface area contributed by atoms with E-state index in [0.29, 0.717) is 32.1 Å². The van der Waals surface area contributed by atoms with Crippen molar-refractivity contribution in [2.75, 3.05) is 36.5 Å². The van der Waals surface area contributed by atoms with Crippen molar-refractivity contribution < 1.29 is 9.66 Å². The number of anilines is 2. The molecule has 1 fully saturated rings. The first-order valence-electron chi connectivity index (χ1n) is 7.23. The van der Waals surface area contributed by atoms with E-state index < -0.39 is 4.92 Å². The Morgan fingerprint density at radius 1 is 1.57 bits per heavy atom. The highest BCUT2D eigenvalue weighted by Gasteiger charge is 2.28. The predicted octanol–water partition coefficient (Wildman–Crippen LogP) is 1.82. The lowest BCUT2D eigenvalue weighted by atomic mass is 10.3. The first-order valence-corrected chi connectivity index (χ1v) is 7.23. The van der Waals surface area contributed by atoms with Gasteiger partial charge in [-0.2, -0.15) is 0 Å². The summed E-state index contributed by atoms with van der Waals surface area (Å²) < 4.78 is 5.58. The molecule has 1 aliphatic rings. The SMILES string of the molecule is CCCNc1ncnc(N2CCCOC(C)C2)c1[N+](=O)[O-]. The third-order valence-electron chi connectivity index (χ3n) is 3.28. The highest BCUT2D eigenvalue weighted by Crippen LogP contribution is 2.32. The van der Waals surface area contributed by atoms with Gasteiger partial charge in [0.15, 0.2) is 0 Å². The number of nitrogens with zero attached hydrogens (tertiary/aromatic N) is 4. The monoisotopic (exact) mass is 295 g/mol. The van der Waals surface area contributed by atoms with E-state index in [-0.39, 0.29) is 17.6 Å². The summed E-state index contributed by atoms with van der Waals surface area (Å²) in [5.41, 5.74) is -0.0555. The summed E-state index contributed by atoms with van der Waals surface area (Å²) in [5.74, 6) is 0.649. The average Bonchev–Trinajstić information content (AvgIpc) is 2.69. The van der Waals surface area contributed by atoms with Crippen molar-refractivity contribution in [1.82, 2.24) is 9.97 Å². The highest BCUT2D eigenvalue weighted by molar-refractivity contribution is 5.70. The van der Waals surface area contributed by atoms with Crippen molar-refractivity contribution in [2.24, 2.45) is 0 Å². The van der Waals surface area contributed by atoms with Crippen LogP contribution in [0.2, 0.25) is 0 Å². The van der Waals surface area contributed by atoms with E-state index in [9.17, 15) is 10.1 Å². The molecule has 2 heterocycles. The van der Waals surface area contributed by atoms with Crippen LogP contribution < -0.4 is 10.2 Å². The largest absolute Gasteiger partial charge is 0.377 e. The Balaban J connectivity index is 2.34. The molecule has 1 aromatic rings. The number of nitro groups is 1. The fraction of sp³-hybridized carbons (Fsp3) is 0.692. The van der Waals surface area contributed by atoms with E-state index in [1.807, 2.05) is 18.7 Å². The Bertz CT molecular complexity index is 497. The maximum Gasteiger partial charge on any atom is 0.353 e. The van der Waals surface area contributed by atoms with E-state index in [1.165, 1.54) is 6.33 Å². The van der Waals surface area contributed by atoms with Crippen LogP contribution in [0.1, 0.15) is 26.7 Å². The zero-order valence-electron chi connectivity index (χ0n) is 12.4. The maximum atomic E-state index is 11.4. The second-order valence-corrected chi connectivity index (χ2v) is 5.06. The number of aromatic nitrogens is 2. The quantitative estimate of drug-likeness (QED) is 0.654. The van der Waals surface area contributed by atoms with Gasteiger partial charge in [0.1, 0.15) is 6.33 Å². The molecule has 1 atom stereocenters. The Kier molecular flexibility index (Phi) is 5.26. The van der Waals surface area contributed by atoms with Gasteiger partial charge in [0.05, 0.1) is 11.0 Å². The van der Waals surface area contributed by atoms with Crippen LogP contribution in [0.15, 0.2) is 6.33 Å². The minimum Gasteiger partial charge on any atom is -0.377 e. The van der Waals surface area contributed by atoms with Crippen LogP contribution in [0.5, 0.6) is 0 Å². The first kappa shape index (κ1) is 15.4. The van der Waals surface area contributed by atoms with Gasteiger partial charge in [-0.1, -0.05) is 6.92 Å². The predicted molar refractivity (Wildman–Crippen MR) is 79.7 cm³/mol. The minimum atomic E-state index is -0.413. The van der Waals surface area contributed by atoms with E-state index in [0.717, 1.165) is 12.8 Å². The average molecular weight is 295 g/mol. The zero-order chi connectivity index (χ0) is 15.2. The molecule has 8 heteroatoms. The summed E-state index contributed by atoms with van der Waals surface area (Å²) in [7, 11) is 0. The van der Waals surface area contributed by atoms with Crippen LogP contribution in [-0.4, -0.2) is 47.2 Å². The van der Waals surface area contributed by atoms with Gasteiger partial charge in [-0.3, -0.25) is 10.1 Å². The Morgan fingerprint density at radius 2 is 2.38 bits per heavy atom. The summed E-state index contributed by atoms with van der Waals surface area (Å²) >= 11 is 0. The third kappa shape index (κ3) is 3.78. The number of nitrogens with one attached hydrogen (secondary N) is 1. The minimum absolute atomic E-state index is 0.0223. The standard InChI is InChI=1S/C13H21N5O3/c1-3-5-14-12-11(18(19)20)13(16-9-15-12)17-6-4-7-21-10(2)8-17/h9-10H,3-8H2,1-2H3,(H,14,15,16). The van der Waals surface area contributed by atoms with Gasteiger partial charge in [0, 0.05) is 26.2 Å². The van der Waals surface area contributed by atoms with Crippen molar-refractivity contribution >= 4 is 17.3 Å². The number of hydrogen-bond donors (Lipinski definition) is 1. The summed E-state index contributed by atoms with van der Waals surface area (Å²) in [4.78, 5) is 21.1. The van der Waals surface area contributed by atoms with Crippen LogP contribution in [0.25, 0.3) is 0 Å². The highest BCUT2D eigenvalue weighted by atomic mass is 16.6. The molecule has 21 heavy (non-hydrogen) atoms. The van der Waals surface area contributed by atoms with Gasteiger partial charge < -0.3 is 15.0 Å². The topological polar surface area (TPSA) is 93.4 Å². The maximum absolute atomic E-state index is 11.4. The first-order chi connectivity index (χ1) is 10.1. The molecule has 1 aliphatic heterocycles. The summed E-state index contributed by atoms with van der Waals surface area (Å²) in [5, 5.41) is 14.4. The second kappa shape index (κ2) is 7.16. The van der Waals surface area contributed by atoms with Crippen molar-refractivity contribution in [3.05, 3.63) is 16.4 Å². The van der Waals surface area contributed by atoms with E-state index in [1.54, 1.807) is 0 Å². The smallest absolute Gasteiger partial charge is 0.353 e. The molecule has 0 aliphatic carbocycles. The molecule has 0 aromatic carbocycles. The van der Waals surface area contributed by atoms with Gasteiger partial charge in [0.25, 0.3) is 0 Å². The summed E-state index contributed by atoms with van der Waals surface area (Å²) in [6.45, 7) is 6.53. The molecule has 0 bridgehead atoms. The molecule has 0 amide bonds. The van der Waals surface area contributed by atoms with Gasteiger partial charge in [-0.25, -0.2) is 9.97 Å². The molecule has 1 saturated heterocycles. The third-order valence-corrected chi connectivity index (χ3v) is 3.28. The van der Waals surface area contributed by atoms with Crippen LogP contribution in [-0.2, 0) is 4.74 Å².